The summed E-state index contributed by atoms with van der Waals surface area (Å²) >= 11 is 0. The van der Waals surface area contributed by atoms with Crippen molar-refractivity contribution in [3.05, 3.63) is 0 Å². The van der Waals surface area contributed by atoms with Gasteiger partial charge in [0, 0.05) is 38.8 Å². The molecular formula is C15H32N2O2. The monoisotopic (exact) mass is 272 g/mol. The third-order valence-electron chi connectivity index (χ3n) is 3.80. The molecule has 0 bridgehead atoms. The van der Waals surface area contributed by atoms with Crippen molar-refractivity contribution in [2.45, 2.75) is 45.7 Å². The molecule has 19 heavy (non-hydrogen) atoms. The van der Waals surface area contributed by atoms with Crippen LogP contribution in [0.3, 0.4) is 0 Å². The van der Waals surface area contributed by atoms with Crippen LogP contribution in [0, 0.1) is 5.92 Å². The molecule has 4 nitrogen and oxygen atoms in total. The van der Waals surface area contributed by atoms with Gasteiger partial charge in [-0.25, -0.2) is 0 Å². The number of rotatable bonds is 9. The molecule has 1 N–H and O–H groups in total. The first-order chi connectivity index (χ1) is 9.17. The fourth-order valence-electron chi connectivity index (χ4n) is 2.76. The van der Waals surface area contributed by atoms with Crippen molar-refractivity contribution in [2.24, 2.45) is 5.92 Å². The van der Waals surface area contributed by atoms with Crippen LogP contribution >= 0.6 is 0 Å². The largest absolute Gasteiger partial charge is 0.382 e. The van der Waals surface area contributed by atoms with Crippen molar-refractivity contribution in [2.75, 3.05) is 46.6 Å². The molecule has 1 rings (SSSR count). The fraction of sp³-hybridized carbons (Fsp3) is 1.00. The molecule has 1 aliphatic heterocycles. The van der Waals surface area contributed by atoms with Gasteiger partial charge < -0.3 is 14.8 Å². The minimum absolute atomic E-state index is 0.641. The van der Waals surface area contributed by atoms with Crippen LogP contribution in [-0.4, -0.2) is 63.5 Å². The average Bonchev–Trinajstić information content (AvgIpc) is 2.38. The zero-order valence-electron chi connectivity index (χ0n) is 13.2. The highest BCUT2D eigenvalue weighted by molar-refractivity contribution is 4.85. The smallest absolute Gasteiger partial charge is 0.0700 e. The van der Waals surface area contributed by atoms with E-state index in [-0.39, 0.29) is 0 Å². The van der Waals surface area contributed by atoms with E-state index < -0.39 is 0 Å². The molecule has 1 fully saturated rings. The SMILES string of the molecule is CCC1CNC(CC(C)C)CN1CCOCCOC. The van der Waals surface area contributed by atoms with Gasteiger partial charge in [0.25, 0.3) is 0 Å². The number of nitrogens with zero attached hydrogens (tertiary/aromatic N) is 1. The van der Waals surface area contributed by atoms with Crippen molar-refractivity contribution in [3.8, 4) is 0 Å². The first-order valence-electron chi connectivity index (χ1n) is 7.71. The summed E-state index contributed by atoms with van der Waals surface area (Å²) in [5.41, 5.74) is 0. The Morgan fingerprint density at radius 1 is 1.26 bits per heavy atom. The van der Waals surface area contributed by atoms with Gasteiger partial charge in [-0.2, -0.15) is 0 Å². The van der Waals surface area contributed by atoms with Gasteiger partial charge in [0.15, 0.2) is 0 Å². The van der Waals surface area contributed by atoms with Crippen LogP contribution in [0.5, 0.6) is 0 Å². The summed E-state index contributed by atoms with van der Waals surface area (Å²) in [5.74, 6) is 0.760. The third kappa shape index (κ3) is 6.70. The molecule has 4 heteroatoms. The van der Waals surface area contributed by atoms with Crippen LogP contribution in [0.4, 0.5) is 0 Å². The van der Waals surface area contributed by atoms with Gasteiger partial charge in [-0.15, -0.1) is 0 Å². The summed E-state index contributed by atoms with van der Waals surface area (Å²) in [4.78, 5) is 2.59. The van der Waals surface area contributed by atoms with Crippen molar-refractivity contribution in [3.63, 3.8) is 0 Å². The lowest BCUT2D eigenvalue weighted by atomic mass is 9.99. The van der Waals surface area contributed by atoms with Crippen LogP contribution in [0.25, 0.3) is 0 Å². The lowest BCUT2D eigenvalue weighted by molar-refractivity contribution is 0.0372. The van der Waals surface area contributed by atoms with Crippen molar-refractivity contribution >= 4 is 0 Å². The predicted molar refractivity (Wildman–Crippen MR) is 79.6 cm³/mol. The molecule has 2 unspecified atom stereocenters. The minimum atomic E-state index is 0.641. The molecule has 0 amide bonds. The molecule has 114 valence electrons. The van der Waals surface area contributed by atoms with E-state index >= 15 is 0 Å². The Morgan fingerprint density at radius 2 is 2.05 bits per heavy atom. The molecule has 1 heterocycles. The Labute approximate surface area is 118 Å². The fourth-order valence-corrected chi connectivity index (χ4v) is 2.76. The molecule has 1 aliphatic rings. The lowest BCUT2D eigenvalue weighted by Crippen LogP contribution is -2.57. The number of piperazine rings is 1. The van der Waals surface area contributed by atoms with Gasteiger partial charge in [0.05, 0.1) is 19.8 Å². The van der Waals surface area contributed by atoms with Crippen LogP contribution in [0.2, 0.25) is 0 Å². The second kappa shape index (κ2) is 9.70. The quantitative estimate of drug-likeness (QED) is 0.648. The molecule has 0 aliphatic carbocycles. The second-order valence-corrected chi connectivity index (χ2v) is 5.90. The Bertz CT molecular complexity index is 224. The van der Waals surface area contributed by atoms with Crippen molar-refractivity contribution in [1.82, 2.24) is 10.2 Å². The number of hydrogen-bond acceptors (Lipinski definition) is 4. The van der Waals surface area contributed by atoms with E-state index in [1.807, 2.05) is 0 Å². The standard InChI is InChI=1S/C15H32N2O2/c1-5-15-11-16-14(10-13(2)3)12-17(15)6-7-19-9-8-18-4/h13-16H,5-12H2,1-4H3. The summed E-state index contributed by atoms with van der Waals surface area (Å²) in [6, 6.07) is 1.30. The Morgan fingerprint density at radius 3 is 2.68 bits per heavy atom. The molecule has 2 atom stereocenters. The lowest BCUT2D eigenvalue weighted by Gasteiger charge is -2.40. The molecule has 0 aromatic heterocycles. The van der Waals surface area contributed by atoms with Gasteiger partial charge >= 0.3 is 0 Å². The summed E-state index contributed by atoms with van der Waals surface area (Å²) in [5, 5.41) is 3.69. The van der Waals surface area contributed by atoms with E-state index in [1.165, 1.54) is 12.8 Å². The Hall–Kier alpha value is -0.160. The van der Waals surface area contributed by atoms with Crippen LogP contribution < -0.4 is 5.32 Å². The van der Waals surface area contributed by atoms with Crippen molar-refractivity contribution < 1.29 is 9.47 Å². The maximum atomic E-state index is 5.60. The molecule has 0 spiro atoms. The summed E-state index contributed by atoms with van der Waals surface area (Å²) in [6.45, 7) is 12.4. The number of hydrogen-bond donors (Lipinski definition) is 1. The maximum Gasteiger partial charge on any atom is 0.0700 e. The summed E-state index contributed by atoms with van der Waals surface area (Å²) < 4.78 is 10.6. The number of nitrogens with one attached hydrogen (secondary N) is 1. The second-order valence-electron chi connectivity index (χ2n) is 5.90. The topological polar surface area (TPSA) is 33.7 Å². The number of methoxy groups -OCH3 is 1. The Kier molecular flexibility index (Phi) is 8.62. The zero-order valence-corrected chi connectivity index (χ0v) is 13.2. The molecule has 0 saturated carbocycles. The van der Waals surface area contributed by atoms with E-state index in [0.29, 0.717) is 25.3 Å². The minimum Gasteiger partial charge on any atom is -0.382 e. The number of ether oxygens (including phenoxy) is 2. The Balaban J connectivity index is 2.29. The van der Waals surface area contributed by atoms with E-state index in [1.54, 1.807) is 7.11 Å². The summed E-state index contributed by atoms with van der Waals surface area (Å²) in [7, 11) is 1.71. The zero-order chi connectivity index (χ0) is 14.1. The molecule has 0 aromatic rings. The third-order valence-corrected chi connectivity index (χ3v) is 3.80. The maximum absolute atomic E-state index is 5.60. The predicted octanol–water partition coefficient (Wildman–Crippen LogP) is 1.75. The molecule has 1 saturated heterocycles. The average molecular weight is 272 g/mol. The normalized spacial score (nSPS) is 25.1. The van der Waals surface area contributed by atoms with Gasteiger partial charge in [0.2, 0.25) is 0 Å². The first kappa shape index (κ1) is 16.9. The van der Waals surface area contributed by atoms with Gasteiger partial charge in [-0.3, -0.25) is 4.90 Å². The molecule has 0 aromatic carbocycles. The highest BCUT2D eigenvalue weighted by Crippen LogP contribution is 2.14. The van der Waals surface area contributed by atoms with Gasteiger partial charge in [-0.05, 0) is 18.8 Å². The van der Waals surface area contributed by atoms with E-state index in [4.69, 9.17) is 9.47 Å². The highest BCUT2D eigenvalue weighted by atomic mass is 16.5. The van der Waals surface area contributed by atoms with Gasteiger partial charge in [0.1, 0.15) is 0 Å². The first-order valence-corrected chi connectivity index (χ1v) is 7.71. The van der Waals surface area contributed by atoms with E-state index in [9.17, 15) is 0 Å². The summed E-state index contributed by atoms with van der Waals surface area (Å²) in [6.07, 6.45) is 2.47. The molecular weight excluding hydrogens is 240 g/mol. The van der Waals surface area contributed by atoms with Crippen molar-refractivity contribution in [1.29, 1.82) is 0 Å². The highest BCUT2D eigenvalue weighted by Gasteiger charge is 2.26. The van der Waals surface area contributed by atoms with E-state index in [0.717, 1.165) is 32.2 Å². The van der Waals surface area contributed by atoms with Gasteiger partial charge in [-0.1, -0.05) is 20.8 Å². The van der Waals surface area contributed by atoms with Crippen LogP contribution in [0.15, 0.2) is 0 Å². The van der Waals surface area contributed by atoms with Crippen LogP contribution in [0.1, 0.15) is 33.6 Å². The molecule has 0 radical (unpaired) electrons. The van der Waals surface area contributed by atoms with E-state index in [2.05, 4.69) is 31.0 Å². The van der Waals surface area contributed by atoms with Crippen LogP contribution in [-0.2, 0) is 9.47 Å².